The van der Waals surface area contributed by atoms with E-state index in [1.807, 2.05) is 36.4 Å². The molecule has 122 valence electrons. The molecule has 0 aliphatic heterocycles. The molecule has 2 aromatic carbocycles. The predicted molar refractivity (Wildman–Crippen MR) is 87.3 cm³/mol. The molecule has 0 aromatic heterocycles. The Morgan fingerprint density at radius 3 is 2.48 bits per heavy atom. The van der Waals surface area contributed by atoms with Crippen molar-refractivity contribution in [3.63, 3.8) is 0 Å². The monoisotopic (exact) mass is 316 g/mol. The summed E-state index contributed by atoms with van der Waals surface area (Å²) in [4.78, 5) is 11.3. The summed E-state index contributed by atoms with van der Waals surface area (Å²) in [7, 11) is 2.95. The molecule has 0 aliphatic rings. The Morgan fingerprint density at radius 1 is 1.09 bits per heavy atom. The highest BCUT2D eigenvalue weighted by Crippen LogP contribution is 2.21. The molecule has 0 unspecified atom stereocenters. The van der Waals surface area contributed by atoms with E-state index in [2.05, 4.69) is 4.74 Å². The van der Waals surface area contributed by atoms with Crippen molar-refractivity contribution in [2.24, 2.45) is 5.84 Å². The van der Waals surface area contributed by atoms with Crippen LogP contribution in [0.4, 0.5) is 5.69 Å². The average molecular weight is 316 g/mol. The molecule has 0 radical (unpaired) electrons. The Hall–Kier alpha value is -2.73. The van der Waals surface area contributed by atoms with Gasteiger partial charge < -0.3 is 14.2 Å². The maximum absolute atomic E-state index is 11.3. The molecular formula is C17H20N2O4. The van der Waals surface area contributed by atoms with Crippen LogP contribution in [0.5, 0.6) is 11.5 Å². The number of hydrogen-bond donors (Lipinski definition) is 1. The van der Waals surface area contributed by atoms with Crippen LogP contribution in [0, 0.1) is 0 Å². The largest absolute Gasteiger partial charge is 0.497 e. The van der Waals surface area contributed by atoms with E-state index in [1.165, 1.54) is 12.1 Å². The van der Waals surface area contributed by atoms with Crippen LogP contribution in [0.25, 0.3) is 0 Å². The highest BCUT2D eigenvalue weighted by Gasteiger charge is 2.09. The number of carbonyl (C=O) groups excluding carboxylic acids is 1. The number of nitrogens with zero attached hydrogens (tertiary/aromatic N) is 1. The molecule has 0 spiro atoms. The van der Waals surface area contributed by atoms with Crippen LogP contribution in [-0.4, -0.2) is 26.7 Å². The van der Waals surface area contributed by atoms with Gasteiger partial charge in [0.25, 0.3) is 0 Å². The zero-order valence-corrected chi connectivity index (χ0v) is 13.2. The number of rotatable bonds is 7. The van der Waals surface area contributed by atoms with Gasteiger partial charge in [0, 0.05) is 6.07 Å². The summed E-state index contributed by atoms with van der Waals surface area (Å²) in [6.07, 6.45) is 0. The Kier molecular flexibility index (Phi) is 5.82. The lowest BCUT2D eigenvalue weighted by atomic mass is 10.2. The second-order valence-corrected chi connectivity index (χ2v) is 4.84. The number of hydrazine groups is 1. The van der Waals surface area contributed by atoms with Crippen molar-refractivity contribution in [2.75, 3.05) is 25.8 Å². The molecule has 0 amide bonds. The normalized spacial score (nSPS) is 10.0. The molecule has 6 nitrogen and oxygen atoms in total. The van der Waals surface area contributed by atoms with Gasteiger partial charge in [0.2, 0.25) is 0 Å². The average Bonchev–Trinajstić information content (AvgIpc) is 2.60. The first-order valence-corrected chi connectivity index (χ1v) is 7.07. The third-order valence-corrected chi connectivity index (χ3v) is 3.24. The number of carbonyl (C=O) groups is 1. The van der Waals surface area contributed by atoms with E-state index in [-0.39, 0.29) is 6.54 Å². The van der Waals surface area contributed by atoms with Crippen LogP contribution in [0.2, 0.25) is 0 Å². The molecule has 0 aliphatic carbocycles. The topological polar surface area (TPSA) is 74.0 Å². The standard InChI is InChI=1S/C17H20N2O4/c1-21-15-8-6-13(7-9-15)12-23-16-5-3-4-14(10-16)19(18)11-17(20)22-2/h3-10H,11-12,18H2,1-2H3. The van der Waals surface area contributed by atoms with Crippen LogP contribution in [0.3, 0.4) is 0 Å². The molecule has 2 rings (SSSR count). The van der Waals surface area contributed by atoms with Gasteiger partial charge in [0.15, 0.2) is 0 Å². The molecule has 2 aromatic rings. The molecule has 0 saturated heterocycles. The van der Waals surface area contributed by atoms with Crippen molar-refractivity contribution in [1.29, 1.82) is 0 Å². The first-order chi connectivity index (χ1) is 11.1. The smallest absolute Gasteiger partial charge is 0.326 e. The fourth-order valence-corrected chi connectivity index (χ4v) is 1.94. The minimum Gasteiger partial charge on any atom is -0.497 e. The highest BCUT2D eigenvalue weighted by molar-refractivity contribution is 5.75. The highest BCUT2D eigenvalue weighted by atomic mass is 16.5. The number of esters is 1. The van der Waals surface area contributed by atoms with E-state index in [0.29, 0.717) is 18.0 Å². The summed E-state index contributed by atoms with van der Waals surface area (Å²) in [5.74, 6) is 6.91. The maximum atomic E-state index is 11.3. The molecule has 6 heteroatoms. The van der Waals surface area contributed by atoms with Crippen molar-refractivity contribution in [3.8, 4) is 11.5 Å². The SMILES string of the molecule is COC(=O)CN(N)c1cccc(OCc2ccc(OC)cc2)c1. The molecule has 0 fully saturated rings. The van der Waals surface area contributed by atoms with Gasteiger partial charge >= 0.3 is 5.97 Å². The van der Waals surface area contributed by atoms with Crippen molar-refractivity contribution in [2.45, 2.75) is 6.61 Å². The zero-order valence-electron chi connectivity index (χ0n) is 13.2. The van der Waals surface area contributed by atoms with Gasteiger partial charge in [0.05, 0.1) is 19.9 Å². The number of anilines is 1. The maximum Gasteiger partial charge on any atom is 0.326 e. The first-order valence-electron chi connectivity index (χ1n) is 7.07. The summed E-state index contributed by atoms with van der Waals surface area (Å²) in [5.41, 5.74) is 1.69. The van der Waals surface area contributed by atoms with Gasteiger partial charge in [-0.05, 0) is 29.8 Å². The van der Waals surface area contributed by atoms with Crippen LogP contribution >= 0.6 is 0 Å². The van der Waals surface area contributed by atoms with E-state index in [1.54, 1.807) is 19.2 Å². The fraction of sp³-hybridized carbons (Fsp3) is 0.235. The van der Waals surface area contributed by atoms with Gasteiger partial charge in [-0.2, -0.15) is 0 Å². The summed E-state index contributed by atoms with van der Waals surface area (Å²) < 4.78 is 15.5. The van der Waals surface area contributed by atoms with Gasteiger partial charge in [0.1, 0.15) is 24.7 Å². The van der Waals surface area contributed by atoms with Crippen LogP contribution in [-0.2, 0) is 16.1 Å². The lowest BCUT2D eigenvalue weighted by Crippen LogP contribution is -2.36. The number of methoxy groups -OCH3 is 2. The molecule has 0 bridgehead atoms. The summed E-state index contributed by atoms with van der Waals surface area (Å²) in [5, 5.41) is 1.31. The Labute approximate surface area is 135 Å². The number of hydrogen-bond acceptors (Lipinski definition) is 6. The van der Waals surface area contributed by atoms with E-state index in [4.69, 9.17) is 15.3 Å². The van der Waals surface area contributed by atoms with Gasteiger partial charge in [-0.1, -0.05) is 18.2 Å². The Balaban J connectivity index is 1.97. The van der Waals surface area contributed by atoms with Crippen molar-refractivity contribution in [3.05, 3.63) is 54.1 Å². The van der Waals surface area contributed by atoms with E-state index in [9.17, 15) is 4.79 Å². The van der Waals surface area contributed by atoms with Crippen molar-refractivity contribution < 1.29 is 19.0 Å². The lowest BCUT2D eigenvalue weighted by molar-refractivity contribution is -0.138. The molecule has 2 N–H and O–H groups in total. The second-order valence-electron chi connectivity index (χ2n) is 4.84. The minimum absolute atomic E-state index is 0.0293. The summed E-state index contributed by atoms with van der Waals surface area (Å²) >= 11 is 0. The van der Waals surface area contributed by atoms with Gasteiger partial charge in [-0.3, -0.25) is 9.80 Å². The number of benzene rings is 2. The summed E-state index contributed by atoms with van der Waals surface area (Å²) in [6.45, 7) is 0.396. The molecule has 0 saturated carbocycles. The van der Waals surface area contributed by atoms with E-state index < -0.39 is 5.97 Å². The van der Waals surface area contributed by atoms with Crippen molar-refractivity contribution in [1.82, 2.24) is 0 Å². The Morgan fingerprint density at radius 2 is 1.83 bits per heavy atom. The number of ether oxygens (including phenoxy) is 3. The lowest BCUT2D eigenvalue weighted by Gasteiger charge is -2.18. The molecule has 0 atom stereocenters. The Bertz CT molecular complexity index is 643. The first kappa shape index (κ1) is 16.6. The van der Waals surface area contributed by atoms with Crippen molar-refractivity contribution >= 4 is 11.7 Å². The summed E-state index contributed by atoms with van der Waals surface area (Å²) in [6, 6.07) is 14.9. The zero-order chi connectivity index (χ0) is 16.7. The molecular weight excluding hydrogens is 296 g/mol. The third-order valence-electron chi connectivity index (χ3n) is 3.24. The quantitative estimate of drug-likeness (QED) is 0.479. The van der Waals surface area contributed by atoms with Crippen LogP contribution < -0.4 is 20.3 Å². The fourth-order valence-electron chi connectivity index (χ4n) is 1.94. The van der Waals surface area contributed by atoms with Gasteiger partial charge in [-0.15, -0.1) is 0 Å². The number of nitrogens with two attached hydrogens (primary N) is 1. The third kappa shape index (κ3) is 4.89. The molecule has 0 heterocycles. The van der Waals surface area contributed by atoms with E-state index in [0.717, 1.165) is 11.3 Å². The second kappa shape index (κ2) is 8.05. The van der Waals surface area contributed by atoms with Crippen LogP contribution in [0.1, 0.15) is 5.56 Å². The van der Waals surface area contributed by atoms with E-state index >= 15 is 0 Å². The minimum atomic E-state index is -0.406. The van der Waals surface area contributed by atoms with Crippen LogP contribution in [0.15, 0.2) is 48.5 Å². The predicted octanol–water partition coefficient (Wildman–Crippen LogP) is 2.13. The molecule has 23 heavy (non-hydrogen) atoms. The van der Waals surface area contributed by atoms with Gasteiger partial charge in [-0.25, -0.2) is 5.84 Å².